The highest BCUT2D eigenvalue weighted by Gasteiger charge is 2.22. The average molecular weight is 335 g/mol. The molecule has 1 aliphatic heterocycles. The van der Waals surface area contributed by atoms with Crippen molar-refractivity contribution in [2.24, 2.45) is 0 Å². The number of para-hydroxylation sites is 1. The number of piperidine rings is 1. The second-order valence-corrected chi connectivity index (χ2v) is 7.32. The Morgan fingerprint density at radius 3 is 2.54 bits per heavy atom. The van der Waals surface area contributed by atoms with Gasteiger partial charge in [0.1, 0.15) is 0 Å². The van der Waals surface area contributed by atoms with Gasteiger partial charge in [0.15, 0.2) is 0 Å². The van der Waals surface area contributed by atoms with E-state index in [2.05, 4.69) is 53.5 Å². The van der Waals surface area contributed by atoms with Gasteiger partial charge in [0, 0.05) is 38.4 Å². The summed E-state index contributed by atoms with van der Waals surface area (Å²) in [5.74, 6) is 0. The second-order valence-electron chi connectivity index (χ2n) is 7.32. The summed E-state index contributed by atoms with van der Waals surface area (Å²) < 4.78 is 0. The minimum atomic E-state index is -0.334. The minimum Gasteiger partial charge on any atom is -0.390 e. The topological polar surface area (TPSA) is 42.0 Å². The zero-order valence-corrected chi connectivity index (χ0v) is 15.7. The third kappa shape index (κ3) is 5.74. The molecular formula is C19H34N4O. The van der Waals surface area contributed by atoms with Crippen molar-refractivity contribution in [1.29, 1.82) is 0 Å². The monoisotopic (exact) mass is 334 g/mol. The molecular weight excluding hydrogens is 300 g/mol. The normalized spacial score (nSPS) is 18.1. The zero-order valence-electron chi connectivity index (χ0n) is 15.7. The molecule has 1 fully saturated rings. The summed E-state index contributed by atoms with van der Waals surface area (Å²) in [6, 6.07) is 9.23. The van der Waals surface area contributed by atoms with Crippen LogP contribution in [0.2, 0.25) is 0 Å². The van der Waals surface area contributed by atoms with Crippen molar-refractivity contribution in [2.45, 2.75) is 31.5 Å². The first kappa shape index (κ1) is 19.2. The van der Waals surface area contributed by atoms with Crippen LogP contribution in [0.15, 0.2) is 24.3 Å². The fourth-order valence-electron chi connectivity index (χ4n) is 3.44. The molecule has 1 saturated heterocycles. The molecule has 136 valence electrons. The fourth-order valence-corrected chi connectivity index (χ4v) is 3.44. The standard InChI is InChI=1S/C19H34N4O/c1-21(2)15-18(24)14-20-13-16-7-5-6-8-19(16)23(4)17-9-11-22(3)12-10-17/h5-8,17-18,20,24H,9-15H2,1-4H3. The predicted molar refractivity (Wildman–Crippen MR) is 102 cm³/mol. The molecule has 0 amide bonds. The van der Waals surface area contributed by atoms with Crippen LogP contribution >= 0.6 is 0 Å². The highest BCUT2D eigenvalue weighted by atomic mass is 16.3. The lowest BCUT2D eigenvalue weighted by Crippen LogP contribution is -2.42. The molecule has 1 heterocycles. The van der Waals surface area contributed by atoms with E-state index >= 15 is 0 Å². The highest BCUT2D eigenvalue weighted by molar-refractivity contribution is 5.54. The number of hydrogen-bond donors (Lipinski definition) is 2. The Morgan fingerprint density at radius 1 is 1.21 bits per heavy atom. The number of nitrogens with one attached hydrogen (secondary N) is 1. The Hall–Kier alpha value is -1.14. The van der Waals surface area contributed by atoms with Crippen LogP contribution in [-0.2, 0) is 6.54 Å². The molecule has 24 heavy (non-hydrogen) atoms. The molecule has 5 nitrogen and oxygen atoms in total. The number of rotatable bonds is 8. The number of hydrogen-bond acceptors (Lipinski definition) is 5. The van der Waals surface area contributed by atoms with Crippen LogP contribution in [0.4, 0.5) is 5.69 Å². The van der Waals surface area contributed by atoms with E-state index in [1.165, 1.54) is 37.2 Å². The van der Waals surface area contributed by atoms with E-state index in [0.717, 1.165) is 6.54 Å². The molecule has 1 aromatic carbocycles. The maximum atomic E-state index is 9.99. The van der Waals surface area contributed by atoms with Gasteiger partial charge in [-0.1, -0.05) is 18.2 Å². The van der Waals surface area contributed by atoms with Crippen LogP contribution in [0, 0.1) is 0 Å². The number of likely N-dealkylation sites (N-methyl/N-ethyl adjacent to an activating group) is 1. The molecule has 1 unspecified atom stereocenters. The Kier molecular flexibility index (Phi) is 7.49. The van der Waals surface area contributed by atoms with Gasteiger partial charge in [-0.25, -0.2) is 0 Å². The first-order valence-corrected chi connectivity index (χ1v) is 9.00. The lowest BCUT2D eigenvalue weighted by molar-refractivity contribution is 0.134. The van der Waals surface area contributed by atoms with E-state index < -0.39 is 0 Å². The van der Waals surface area contributed by atoms with E-state index in [4.69, 9.17) is 0 Å². The summed E-state index contributed by atoms with van der Waals surface area (Å²) in [4.78, 5) is 6.86. The van der Waals surface area contributed by atoms with E-state index in [9.17, 15) is 5.11 Å². The highest BCUT2D eigenvalue weighted by Crippen LogP contribution is 2.25. The molecule has 0 saturated carbocycles. The van der Waals surface area contributed by atoms with Crippen molar-refractivity contribution in [3.63, 3.8) is 0 Å². The fraction of sp³-hybridized carbons (Fsp3) is 0.684. The van der Waals surface area contributed by atoms with Crippen LogP contribution in [-0.4, -0.2) is 81.4 Å². The predicted octanol–water partition coefficient (Wildman–Crippen LogP) is 1.23. The molecule has 1 aromatic rings. The van der Waals surface area contributed by atoms with Crippen molar-refractivity contribution in [1.82, 2.24) is 15.1 Å². The Morgan fingerprint density at radius 2 is 1.88 bits per heavy atom. The van der Waals surface area contributed by atoms with E-state index in [1.54, 1.807) is 0 Å². The summed E-state index contributed by atoms with van der Waals surface area (Å²) >= 11 is 0. The molecule has 1 aliphatic rings. The number of aliphatic hydroxyl groups is 1. The quantitative estimate of drug-likeness (QED) is 0.748. The average Bonchev–Trinajstić information content (AvgIpc) is 2.55. The Bertz CT molecular complexity index is 486. The Balaban J connectivity index is 1.92. The number of likely N-dealkylation sites (tertiary alicyclic amines) is 1. The number of benzene rings is 1. The SMILES string of the molecule is CN(C)CC(O)CNCc1ccccc1N(C)C1CCN(C)CC1. The summed E-state index contributed by atoms with van der Waals surface area (Å²) in [5, 5.41) is 13.4. The van der Waals surface area contributed by atoms with Gasteiger partial charge in [-0.15, -0.1) is 0 Å². The number of nitrogens with zero attached hydrogens (tertiary/aromatic N) is 3. The van der Waals surface area contributed by atoms with E-state index in [-0.39, 0.29) is 6.10 Å². The van der Waals surface area contributed by atoms with Crippen LogP contribution in [0.3, 0.4) is 0 Å². The van der Waals surface area contributed by atoms with Crippen molar-refractivity contribution >= 4 is 5.69 Å². The Labute approximate surface area is 147 Å². The van der Waals surface area contributed by atoms with Gasteiger partial charge in [-0.3, -0.25) is 0 Å². The zero-order chi connectivity index (χ0) is 17.5. The summed E-state index contributed by atoms with van der Waals surface area (Å²) in [6.07, 6.45) is 2.10. The lowest BCUT2D eigenvalue weighted by Gasteiger charge is -2.37. The third-order valence-corrected chi connectivity index (χ3v) is 4.88. The lowest BCUT2D eigenvalue weighted by atomic mass is 10.0. The molecule has 0 spiro atoms. The van der Waals surface area contributed by atoms with Crippen LogP contribution < -0.4 is 10.2 Å². The second kappa shape index (κ2) is 9.37. The van der Waals surface area contributed by atoms with Gasteiger partial charge < -0.3 is 25.1 Å². The minimum absolute atomic E-state index is 0.334. The molecule has 0 aliphatic carbocycles. The summed E-state index contributed by atoms with van der Waals surface area (Å²) in [7, 11) is 8.38. The molecule has 0 bridgehead atoms. The van der Waals surface area contributed by atoms with E-state index in [1.807, 2.05) is 19.0 Å². The molecule has 2 N–H and O–H groups in total. The smallest absolute Gasteiger partial charge is 0.0791 e. The molecule has 5 heteroatoms. The molecule has 0 aromatic heterocycles. The van der Waals surface area contributed by atoms with Crippen molar-refractivity contribution in [3.05, 3.63) is 29.8 Å². The van der Waals surface area contributed by atoms with E-state index in [0.29, 0.717) is 19.1 Å². The summed E-state index contributed by atoms with van der Waals surface area (Å²) in [6.45, 7) is 4.44. The van der Waals surface area contributed by atoms with Gasteiger partial charge in [-0.05, 0) is 58.7 Å². The van der Waals surface area contributed by atoms with Crippen molar-refractivity contribution < 1.29 is 5.11 Å². The summed E-state index contributed by atoms with van der Waals surface area (Å²) in [5.41, 5.74) is 2.61. The molecule has 1 atom stereocenters. The first-order chi connectivity index (χ1) is 11.5. The number of anilines is 1. The van der Waals surface area contributed by atoms with Gasteiger partial charge in [0.05, 0.1) is 6.10 Å². The van der Waals surface area contributed by atoms with Crippen LogP contribution in [0.25, 0.3) is 0 Å². The van der Waals surface area contributed by atoms with Crippen LogP contribution in [0.5, 0.6) is 0 Å². The maximum Gasteiger partial charge on any atom is 0.0791 e. The first-order valence-electron chi connectivity index (χ1n) is 9.00. The van der Waals surface area contributed by atoms with Gasteiger partial charge in [0.2, 0.25) is 0 Å². The molecule has 0 radical (unpaired) electrons. The largest absolute Gasteiger partial charge is 0.390 e. The molecule has 2 rings (SSSR count). The number of aliphatic hydroxyl groups excluding tert-OH is 1. The third-order valence-electron chi connectivity index (χ3n) is 4.88. The van der Waals surface area contributed by atoms with Gasteiger partial charge >= 0.3 is 0 Å². The van der Waals surface area contributed by atoms with Crippen molar-refractivity contribution in [2.75, 3.05) is 59.3 Å². The van der Waals surface area contributed by atoms with Gasteiger partial charge in [-0.2, -0.15) is 0 Å². The van der Waals surface area contributed by atoms with Crippen LogP contribution in [0.1, 0.15) is 18.4 Å². The van der Waals surface area contributed by atoms with Crippen molar-refractivity contribution in [3.8, 4) is 0 Å². The maximum absolute atomic E-state index is 9.99. The van der Waals surface area contributed by atoms with Gasteiger partial charge in [0.25, 0.3) is 0 Å².